The number of hydrogen-bond acceptors (Lipinski definition) is 2. The Hall–Kier alpha value is -2.91. The lowest BCUT2D eigenvalue weighted by Gasteiger charge is -2.23. The Morgan fingerprint density at radius 3 is 2.50 bits per heavy atom. The third-order valence-electron chi connectivity index (χ3n) is 6.48. The smallest absolute Gasteiger partial charge is 0.114 e. The number of aromatic nitrogens is 2. The minimum absolute atomic E-state index is 0.627. The Morgan fingerprint density at radius 1 is 0.967 bits per heavy atom. The summed E-state index contributed by atoms with van der Waals surface area (Å²) in [6.07, 6.45) is 6.60. The molecular weight excluding hydrogens is 366 g/mol. The predicted octanol–water partition coefficient (Wildman–Crippen LogP) is 5.34. The molecule has 3 nitrogen and oxygen atoms in total. The highest BCUT2D eigenvalue weighted by atomic mass is 15.1. The van der Waals surface area contributed by atoms with Crippen molar-refractivity contribution in [3.8, 4) is 11.3 Å². The van der Waals surface area contributed by atoms with Gasteiger partial charge in [-0.15, -0.1) is 0 Å². The first-order chi connectivity index (χ1) is 14.7. The van der Waals surface area contributed by atoms with Crippen LogP contribution in [0.25, 0.3) is 16.8 Å². The minimum atomic E-state index is 0.627. The molecule has 0 unspecified atom stereocenters. The Labute approximate surface area is 179 Å². The van der Waals surface area contributed by atoms with Crippen molar-refractivity contribution >= 4 is 5.52 Å². The fourth-order valence-corrected chi connectivity index (χ4v) is 4.80. The number of benzene rings is 2. The molecule has 2 heterocycles. The predicted molar refractivity (Wildman–Crippen MR) is 124 cm³/mol. The summed E-state index contributed by atoms with van der Waals surface area (Å²) in [5, 5.41) is 0. The summed E-state index contributed by atoms with van der Waals surface area (Å²) in [4.78, 5) is 7.61. The van der Waals surface area contributed by atoms with E-state index in [1.165, 1.54) is 40.6 Å². The van der Waals surface area contributed by atoms with Crippen LogP contribution in [-0.2, 0) is 19.3 Å². The molecule has 0 atom stereocenters. The largest absolute Gasteiger partial charge is 0.303 e. The van der Waals surface area contributed by atoms with Crippen molar-refractivity contribution < 1.29 is 0 Å². The van der Waals surface area contributed by atoms with Crippen molar-refractivity contribution in [3.05, 3.63) is 95.4 Å². The second-order valence-corrected chi connectivity index (χ2v) is 8.62. The fraction of sp³-hybridized carbons (Fsp3) is 0.296. The van der Waals surface area contributed by atoms with Crippen LogP contribution in [0.5, 0.6) is 0 Å². The Kier molecular flexibility index (Phi) is 5.14. The number of hydrogen-bond donors (Lipinski definition) is 0. The summed E-state index contributed by atoms with van der Waals surface area (Å²) >= 11 is 0. The second kappa shape index (κ2) is 8.08. The molecule has 0 bridgehead atoms. The molecule has 0 fully saturated rings. The maximum Gasteiger partial charge on any atom is 0.114 e. The Balaban J connectivity index is 1.29. The van der Waals surface area contributed by atoms with Gasteiger partial charge in [-0.3, -0.25) is 0 Å². The van der Waals surface area contributed by atoms with Gasteiger partial charge in [0, 0.05) is 24.2 Å². The number of likely N-dealkylation sites (N-methyl/N-ethyl adjacent to an activating group) is 1. The van der Waals surface area contributed by atoms with Gasteiger partial charge in [0.05, 0.1) is 11.2 Å². The van der Waals surface area contributed by atoms with Crippen LogP contribution in [0, 0.1) is 6.92 Å². The number of rotatable bonds is 6. The molecule has 0 saturated heterocycles. The zero-order valence-corrected chi connectivity index (χ0v) is 17.9. The number of aryl methyl sites for hydroxylation is 2. The first-order valence-electron chi connectivity index (χ1n) is 11.0. The maximum absolute atomic E-state index is 5.07. The molecule has 1 aliphatic carbocycles. The monoisotopic (exact) mass is 395 g/mol. The fourth-order valence-electron chi connectivity index (χ4n) is 4.80. The van der Waals surface area contributed by atoms with Crippen LogP contribution in [0.4, 0.5) is 0 Å². The maximum atomic E-state index is 5.07. The summed E-state index contributed by atoms with van der Waals surface area (Å²) in [7, 11) is 2.28. The van der Waals surface area contributed by atoms with E-state index < -0.39 is 0 Å². The van der Waals surface area contributed by atoms with Gasteiger partial charge in [0.25, 0.3) is 0 Å². The van der Waals surface area contributed by atoms with Crippen molar-refractivity contribution in [3.63, 3.8) is 0 Å². The topological polar surface area (TPSA) is 20.5 Å². The van der Waals surface area contributed by atoms with E-state index in [1.54, 1.807) is 0 Å². The van der Waals surface area contributed by atoms with E-state index >= 15 is 0 Å². The molecule has 4 aromatic rings. The average molecular weight is 396 g/mol. The lowest BCUT2D eigenvalue weighted by atomic mass is 10.1. The van der Waals surface area contributed by atoms with Crippen molar-refractivity contribution in [1.82, 2.24) is 14.3 Å². The SMILES string of the molecule is Cc1cccc(-c2nc(CCCN(C)C3Cc4ccccc4C3)n3ccccc23)c1. The Bertz CT molecular complexity index is 1150. The van der Waals surface area contributed by atoms with Crippen LogP contribution in [0.1, 0.15) is 28.9 Å². The zero-order chi connectivity index (χ0) is 20.5. The van der Waals surface area contributed by atoms with Crippen molar-refractivity contribution in [1.29, 1.82) is 0 Å². The van der Waals surface area contributed by atoms with E-state index in [0.717, 1.165) is 30.9 Å². The van der Waals surface area contributed by atoms with Gasteiger partial charge in [-0.1, -0.05) is 54.1 Å². The van der Waals surface area contributed by atoms with Gasteiger partial charge >= 0.3 is 0 Å². The first-order valence-corrected chi connectivity index (χ1v) is 11.0. The molecule has 2 aromatic carbocycles. The molecule has 0 aliphatic heterocycles. The van der Waals surface area contributed by atoms with Gasteiger partial charge in [0.1, 0.15) is 5.82 Å². The summed E-state index contributed by atoms with van der Waals surface area (Å²) in [6.45, 7) is 3.24. The van der Waals surface area contributed by atoms with E-state index in [2.05, 4.69) is 96.2 Å². The molecule has 0 saturated carbocycles. The molecule has 0 amide bonds. The minimum Gasteiger partial charge on any atom is -0.303 e. The third kappa shape index (κ3) is 3.66. The van der Waals surface area contributed by atoms with Crippen LogP contribution in [0.3, 0.4) is 0 Å². The number of nitrogens with zero attached hydrogens (tertiary/aromatic N) is 3. The quantitative estimate of drug-likeness (QED) is 0.439. The van der Waals surface area contributed by atoms with E-state index in [-0.39, 0.29) is 0 Å². The lowest BCUT2D eigenvalue weighted by Crippen LogP contribution is -2.33. The van der Waals surface area contributed by atoms with Gasteiger partial charge in [-0.05, 0) is 69.1 Å². The van der Waals surface area contributed by atoms with Crippen LogP contribution >= 0.6 is 0 Å². The van der Waals surface area contributed by atoms with E-state index in [0.29, 0.717) is 6.04 Å². The second-order valence-electron chi connectivity index (χ2n) is 8.62. The molecule has 1 aliphatic rings. The normalized spacial score (nSPS) is 14.0. The molecule has 3 heteroatoms. The van der Waals surface area contributed by atoms with Crippen LogP contribution in [-0.4, -0.2) is 33.9 Å². The van der Waals surface area contributed by atoms with Gasteiger partial charge in [0.2, 0.25) is 0 Å². The molecule has 0 spiro atoms. The van der Waals surface area contributed by atoms with Crippen molar-refractivity contribution in [2.24, 2.45) is 0 Å². The van der Waals surface area contributed by atoms with E-state index in [4.69, 9.17) is 4.98 Å². The molecule has 152 valence electrons. The highest BCUT2D eigenvalue weighted by Crippen LogP contribution is 2.27. The summed E-state index contributed by atoms with van der Waals surface area (Å²) in [5.41, 5.74) is 7.80. The van der Waals surface area contributed by atoms with Crippen molar-refractivity contribution in [2.45, 2.75) is 38.6 Å². The molecular formula is C27H29N3. The standard InChI is InChI=1S/C27H29N3/c1-20-9-7-12-23(17-20)27-25-13-5-6-16-30(25)26(28-27)14-8-15-29(2)24-18-21-10-3-4-11-22(21)19-24/h3-7,9-13,16-17,24H,8,14-15,18-19H2,1-2H3. The highest BCUT2D eigenvalue weighted by molar-refractivity contribution is 5.78. The summed E-state index contributed by atoms with van der Waals surface area (Å²) in [6, 6.07) is 24.5. The number of fused-ring (bicyclic) bond motifs is 2. The van der Waals surface area contributed by atoms with E-state index in [9.17, 15) is 0 Å². The molecule has 2 aromatic heterocycles. The van der Waals surface area contributed by atoms with Gasteiger partial charge in [0.15, 0.2) is 0 Å². The summed E-state index contributed by atoms with van der Waals surface area (Å²) < 4.78 is 2.27. The van der Waals surface area contributed by atoms with Gasteiger partial charge in [-0.2, -0.15) is 0 Å². The molecule has 30 heavy (non-hydrogen) atoms. The highest BCUT2D eigenvalue weighted by Gasteiger charge is 2.24. The number of pyridine rings is 1. The lowest BCUT2D eigenvalue weighted by molar-refractivity contribution is 0.246. The Morgan fingerprint density at radius 2 is 1.73 bits per heavy atom. The molecule has 0 N–H and O–H groups in total. The molecule has 0 radical (unpaired) electrons. The van der Waals surface area contributed by atoms with Gasteiger partial charge in [-0.25, -0.2) is 4.98 Å². The van der Waals surface area contributed by atoms with Gasteiger partial charge < -0.3 is 9.30 Å². The van der Waals surface area contributed by atoms with Crippen LogP contribution in [0.2, 0.25) is 0 Å². The van der Waals surface area contributed by atoms with Crippen molar-refractivity contribution in [2.75, 3.05) is 13.6 Å². The third-order valence-corrected chi connectivity index (χ3v) is 6.48. The first kappa shape index (κ1) is 19.1. The average Bonchev–Trinajstić information content (AvgIpc) is 3.36. The van der Waals surface area contributed by atoms with E-state index in [1.807, 2.05) is 0 Å². The summed E-state index contributed by atoms with van der Waals surface area (Å²) in [5.74, 6) is 1.16. The zero-order valence-electron chi connectivity index (χ0n) is 17.9. The number of imidazole rings is 1. The van der Waals surface area contributed by atoms with Crippen LogP contribution in [0.15, 0.2) is 72.9 Å². The molecule has 5 rings (SSSR count). The van der Waals surface area contributed by atoms with Crippen LogP contribution < -0.4 is 0 Å².